The maximum absolute atomic E-state index is 12.2. The van der Waals surface area contributed by atoms with E-state index in [4.69, 9.17) is 34.2 Å². The molecule has 0 radical (unpaired) electrons. The van der Waals surface area contributed by atoms with Crippen LogP contribution >= 0.6 is 39.1 Å². The van der Waals surface area contributed by atoms with Gasteiger partial charge in [-0.05, 0) is 30.3 Å². The molecule has 3 N–H and O–H groups in total. The van der Waals surface area contributed by atoms with Crippen LogP contribution < -0.4 is 11.1 Å². The molecule has 2 aromatic carbocycles. The van der Waals surface area contributed by atoms with E-state index in [0.717, 1.165) is 4.47 Å². The van der Waals surface area contributed by atoms with Gasteiger partial charge in [0.15, 0.2) is 0 Å². The lowest BCUT2D eigenvalue weighted by Crippen LogP contribution is -2.13. The molecule has 0 heterocycles. The molecule has 0 saturated heterocycles. The van der Waals surface area contributed by atoms with Crippen LogP contribution in [0.5, 0.6) is 0 Å². The van der Waals surface area contributed by atoms with Crippen LogP contribution in [-0.2, 0) is 0 Å². The monoisotopic (exact) mass is 383 g/mol. The Bertz CT molecular complexity index is 748. The Kier molecular flexibility index (Phi) is 4.73. The fraction of sp³-hybridized carbons (Fsp3) is 0. The normalized spacial score (nSPS) is 10.0. The zero-order chi connectivity index (χ0) is 15.6. The van der Waals surface area contributed by atoms with Crippen LogP contribution in [0.3, 0.4) is 0 Å². The molecule has 0 aliphatic carbocycles. The highest BCUT2D eigenvalue weighted by molar-refractivity contribution is 9.10. The number of nitrogens with zero attached hydrogens (tertiary/aromatic N) is 1. The van der Waals surface area contributed by atoms with Gasteiger partial charge < -0.3 is 11.1 Å². The van der Waals surface area contributed by atoms with E-state index in [1.165, 1.54) is 12.1 Å². The van der Waals surface area contributed by atoms with Gasteiger partial charge in [-0.15, -0.1) is 0 Å². The average molecular weight is 385 g/mol. The number of hydrogen-bond acceptors (Lipinski definition) is 3. The Balaban J connectivity index is 2.35. The van der Waals surface area contributed by atoms with Gasteiger partial charge >= 0.3 is 0 Å². The second-order valence-electron chi connectivity index (χ2n) is 4.12. The van der Waals surface area contributed by atoms with Crippen molar-refractivity contribution in [2.75, 3.05) is 11.1 Å². The summed E-state index contributed by atoms with van der Waals surface area (Å²) in [5.74, 6) is -0.435. The maximum Gasteiger partial charge on any atom is 0.255 e. The van der Waals surface area contributed by atoms with E-state index in [9.17, 15) is 4.79 Å². The molecule has 21 heavy (non-hydrogen) atoms. The average Bonchev–Trinajstić information content (AvgIpc) is 2.44. The Labute approximate surface area is 139 Å². The number of anilines is 2. The number of nitriles is 1. The van der Waals surface area contributed by atoms with Crippen LogP contribution in [-0.4, -0.2) is 5.91 Å². The Morgan fingerprint density at radius 3 is 2.62 bits per heavy atom. The van der Waals surface area contributed by atoms with Crippen molar-refractivity contribution in [3.63, 3.8) is 0 Å². The number of halogens is 3. The van der Waals surface area contributed by atoms with Crippen LogP contribution in [0.1, 0.15) is 15.9 Å². The number of rotatable bonds is 2. The lowest BCUT2D eigenvalue weighted by Gasteiger charge is -2.09. The summed E-state index contributed by atoms with van der Waals surface area (Å²) in [6.45, 7) is 0. The molecule has 0 aliphatic heterocycles. The zero-order valence-corrected chi connectivity index (χ0v) is 13.6. The molecular weight excluding hydrogens is 377 g/mol. The fourth-order valence-corrected chi connectivity index (χ4v) is 2.35. The van der Waals surface area contributed by atoms with E-state index in [-0.39, 0.29) is 21.3 Å². The summed E-state index contributed by atoms with van der Waals surface area (Å²) in [4.78, 5) is 12.2. The molecule has 7 heteroatoms. The first kappa shape index (κ1) is 15.6. The van der Waals surface area contributed by atoms with E-state index >= 15 is 0 Å². The molecule has 0 spiro atoms. The summed E-state index contributed by atoms with van der Waals surface area (Å²) >= 11 is 15.0. The van der Waals surface area contributed by atoms with Crippen LogP contribution in [0.4, 0.5) is 11.4 Å². The Morgan fingerprint density at radius 2 is 2.00 bits per heavy atom. The van der Waals surface area contributed by atoms with Crippen molar-refractivity contribution >= 4 is 56.4 Å². The Hall–Kier alpha value is -1.74. The topological polar surface area (TPSA) is 78.9 Å². The number of nitrogen functional groups attached to an aromatic ring is 1. The highest BCUT2D eigenvalue weighted by Gasteiger charge is 2.13. The van der Waals surface area contributed by atoms with Crippen molar-refractivity contribution in [3.8, 4) is 6.07 Å². The maximum atomic E-state index is 12.2. The number of carbonyl (C=O) groups excluding carboxylic acids is 1. The predicted octanol–water partition coefficient (Wildman–Crippen LogP) is 4.46. The van der Waals surface area contributed by atoms with Crippen LogP contribution in [0, 0.1) is 11.3 Å². The summed E-state index contributed by atoms with van der Waals surface area (Å²) < 4.78 is 0.741. The van der Waals surface area contributed by atoms with Gasteiger partial charge in [0, 0.05) is 10.0 Å². The van der Waals surface area contributed by atoms with Gasteiger partial charge in [0.05, 0.1) is 27.0 Å². The van der Waals surface area contributed by atoms with Gasteiger partial charge in [0.25, 0.3) is 5.91 Å². The van der Waals surface area contributed by atoms with Gasteiger partial charge in [0.1, 0.15) is 6.07 Å². The SMILES string of the molecule is N#Cc1ccc(Br)cc1NC(=O)c1cc(N)c(Cl)c(Cl)c1. The molecule has 0 atom stereocenters. The van der Waals surface area contributed by atoms with Gasteiger partial charge in [-0.25, -0.2) is 0 Å². The smallest absolute Gasteiger partial charge is 0.255 e. The number of nitrogens with two attached hydrogens (primary N) is 1. The molecule has 0 aliphatic rings. The first-order chi connectivity index (χ1) is 9.92. The van der Waals surface area contributed by atoms with Crippen LogP contribution in [0.2, 0.25) is 10.0 Å². The van der Waals surface area contributed by atoms with Crippen molar-refractivity contribution < 1.29 is 4.79 Å². The van der Waals surface area contributed by atoms with Crippen molar-refractivity contribution in [2.24, 2.45) is 0 Å². The summed E-state index contributed by atoms with van der Waals surface area (Å²) in [5, 5.41) is 12.1. The van der Waals surface area contributed by atoms with Gasteiger partial charge in [0.2, 0.25) is 0 Å². The minimum Gasteiger partial charge on any atom is -0.397 e. The lowest BCUT2D eigenvalue weighted by atomic mass is 10.1. The third-order valence-corrected chi connectivity index (χ3v) is 3.98. The van der Waals surface area contributed by atoms with Gasteiger partial charge in [-0.3, -0.25) is 4.79 Å². The zero-order valence-electron chi connectivity index (χ0n) is 10.5. The molecular formula is C14H8BrCl2N3O. The first-order valence-electron chi connectivity index (χ1n) is 5.68. The fourth-order valence-electron chi connectivity index (χ4n) is 1.65. The summed E-state index contributed by atoms with van der Waals surface area (Å²) in [6, 6.07) is 9.79. The third kappa shape index (κ3) is 3.48. The van der Waals surface area contributed by atoms with E-state index in [1.54, 1.807) is 18.2 Å². The number of carbonyl (C=O) groups is 1. The molecule has 0 fully saturated rings. The minimum absolute atomic E-state index is 0.191. The van der Waals surface area contributed by atoms with E-state index in [2.05, 4.69) is 21.2 Å². The summed E-state index contributed by atoms with van der Waals surface area (Å²) in [6.07, 6.45) is 0. The molecule has 0 bridgehead atoms. The largest absolute Gasteiger partial charge is 0.397 e. The third-order valence-electron chi connectivity index (χ3n) is 2.67. The lowest BCUT2D eigenvalue weighted by molar-refractivity contribution is 0.102. The highest BCUT2D eigenvalue weighted by Crippen LogP contribution is 2.30. The molecule has 2 rings (SSSR count). The molecule has 106 valence electrons. The molecule has 4 nitrogen and oxygen atoms in total. The van der Waals surface area contributed by atoms with E-state index < -0.39 is 5.91 Å². The quantitative estimate of drug-likeness (QED) is 0.750. The van der Waals surface area contributed by atoms with Gasteiger partial charge in [-0.2, -0.15) is 5.26 Å². The number of benzene rings is 2. The second kappa shape index (κ2) is 6.35. The van der Waals surface area contributed by atoms with Crippen LogP contribution in [0.25, 0.3) is 0 Å². The summed E-state index contributed by atoms with van der Waals surface area (Å²) in [5.41, 5.74) is 6.88. The van der Waals surface area contributed by atoms with E-state index in [0.29, 0.717) is 11.3 Å². The predicted molar refractivity (Wildman–Crippen MR) is 87.7 cm³/mol. The van der Waals surface area contributed by atoms with Crippen molar-refractivity contribution in [2.45, 2.75) is 0 Å². The van der Waals surface area contributed by atoms with E-state index in [1.807, 2.05) is 6.07 Å². The Morgan fingerprint density at radius 1 is 1.29 bits per heavy atom. The van der Waals surface area contributed by atoms with Gasteiger partial charge in [-0.1, -0.05) is 39.1 Å². The van der Waals surface area contributed by atoms with Crippen LogP contribution in [0.15, 0.2) is 34.8 Å². The molecule has 0 aromatic heterocycles. The number of amides is 1. The standard InChI is InChI=1S/C14H8BrCl2N3O/c15-9-2-1-7(6-18)12(5-9)20-14(21)8-3-10(16)13(17)11(19)4-8/h1-5H,19H2,(H,20,21). The summed E-state index contributed by atoms with van der Waals surface area (Å²) in [7, 11) is 0. The van der Waals surface area contributed by atoms with Crippen molar-refractivity contribution in [1.82, 2.24) is 0 Å². The highest BCUT2D eigenvalue weighted by atomic mass is 79.9. The van der Waals surface area contributed by atoms with Crippen molar-refractivity contribution in [3.05, 3.63) is 56.0 Å². The molecule has 0 saturated carbocycles. The second-order valence-corrected chi connectivity index (χ2v) is 5.82. The molecule has 2 aromatic rings. The molecule has 0 unspecified atom stereocenters. The van der Waals surface area contributed by atoms with Crippen molar-refractivity contribution in [1.29, 1.82) is 5.26 Å². The number of hydrogen-bond donors (Lipinski definition) is 2. The minimum atomic E-state index is -0.435. The first-order valence-corrected chi connectivity index (χ1v) is 7.23. The molecule has 1 amide bonds. The number of nitrogens with one attached hydrogen (secondary N) is 1.